The van der Waals surface area contributed by atoms with Gasteiger partial charge in [-0.05, 0) is 68.9 Å². The third-order valence-electron chi connectivity index (χ3n) is 4.88. The maximum atomic E-state index is 13.9. The zero-order valence-corrected chi connectivity index (χ0v) is 12.8. The predicted octanol–water partition coefficient (Wildman–Crippen LogP) is 2.80. The largest absolute Gasteiger partial charge is 0.491 e. The minimum atomic E-state index is -0.245. The van der Waals surface area contributed by atoms with Crippen LogP contribution in [0.3, 0.4) is 0 Å². The van der Waals surface area contributed by atoms with Crippen molar-refractivity contribution in [1.29, 1.82) is 0 Å². The van der Waals surface area contributed by atoms with Crippen molar-refractivity contribution in [2.24, 2.45) is 5.41 Å². The van der Waals surface area contributed by atoms with Gasteiger partial charge in [-0.15, -0.1) is 0 Å². The zero-order valence-electron chi connectivity index (χ0n) is 12.8. The van der Waals surface area contributed by atoms with Gasteiger partial charge in [0.2, 0.25) is 0 Å². The second-order valence-corrected chi connectivity index (χ2v) is 6.41. The first-order valence-corrected chi connectivity index (χ1v) is 8.05. The molecule has 2 heterocycles. The zero-order chi connectivity index (χ0) is 14.7. The maximum Gasteiger partial charge on any atom is 0.165 e. The van der Waals surface area contributed by atoms with Gasteiger partial charge in [-0.2, -0.15) is 0 Å². The Labute approximate surface area is 126 Å². The summed E-state index contributed by atoms with van der Waals surface area (Å²) >= 11 is 0. The molecule has 0 amide bonds. The van der Waals surface area contributed by atoms with E-state index < -0.39 is 0 Å². The van der Waals surface area contributed by atoms with Gasteiger partial charge in [0.1, 0.15) is 0 Å². The van der Waals surface area contributed by atoms with Gasteiger partial charge in [0.25, 0.3) is 0 Å². The summed E-state index contributed by atoms with van der Waals surface area (Å²) in [6.45, 7) is 7.79. The number of hydrogen-bond donors (Lipinski definition) is 1. The van der Waals surface area contributed by atoms with E-state index in [4.69, 9.17) is 4.74 Å². The standard InChI is InChI=1S/C17H25FN2O/c1-2-21-16-4-3-14(11-15(16)18)12-20-10-7-17(13-20)5-8-19-9-6-17/h3-4,11,19H,2,5-10,12-13H2,1H3. The second-order valence-electron chi connectivity index (χ2n) is 6.41. The normalized spacial score (nSPS) is 21.8. The van der Waals surface area contributed by atoms with Crippen LogP contribution >= 0.6 is 0 Å². The fraction of sp³-hybridized carbons (Fsp3) is 0.647. The minimum absolute atomic E-state index is 0.245. The summed E-state index contributed by atoms with van der Waals surface area (Å²) in [5.41, 5.74) is 1.55. The number of benzene rings is 1. The Bertz CT molecular complexity index is 486. The van der Waals surface area contributed by atoms with E-state index in [1.54, 1.807) is 12.1 Å². The van der Waals surface area contributed by atoms with Crippen LogP contribution < -0.4 is 10.1 Å². The van der Waals surface area contributed by atoms with Crippen LogP contribution in [0.4, 0.5) is 4.39 Å². The first-order valence-electron chi connectivity index (χ1n) is 8.05. The molecule has 0 atom stereocenters. The van der Waals surface area contributed by atoms with Crippen LogP contribution in [0.25, 0.3) is 0 Å². The summed E-state index contributed by atoms with van der Waals surface area (Å²) in [5.74, 6) is 0.114. The smallest absolute Gasteiger partial charge is 0.165 e. The molecule has 3 nitrogen and oxygen atoms in total. The highest BCUT2D eigenvalue weighted by Gasteiger charge is 2.38. The van der Waals surface area contributed by atoms with Gasteiger partial charge in [-0.3, -0.25) is 4.90 Å². The Morgan fingerprint density at radius 3 is 2.81 bits per heavy atom. The van der Waals surface area contributed by atoms with Crippen molar-refractivity contribution in [1.82, 2.24) is 10.2 Å². The van der Waals surface area contributed by atoms with Crippen molar-refractivity contribution in [2.45, 2.75) is 32.7 Å². The van der Waals surface area contributed by atoms with E-state index in [2.05, 4.69) is 10.2 Å². The topological polar surface area (TPSA) is 24.5 Å². The van der Waals surface area contributed by atoms with Crippen molar-refractivity contribution in [2.75, 3.05) is 32.8 Å². The van der Waals surface area contributed by atoms with Gasteiger partial charge in [0.15, 0.2) is 11.6 Å². The molecule has 1 N–H and O–H groups in total. The van der Waals surface area contributed by atoms with E-state index in [9.17, 15) is 4.39 Å². The summed E-state index contributed by atoms with van der Waals surface area (Å²) in [6, 6.07) is 5.37. The first-order chi connectivity index (χ1) is 10.2. The molecule has 2 aliphatic rings. The SMILES string of the molecule is CCOc1ccc(CN2CCC3(CCNCC3)C2)cc1F. The highest BCUT2D eigenvalue weighted by atomic mass is 19.1. The van der Waals surface area contributed by atoms with E-state index in [1.165, 1.54) is 19.3 Å². The highest BCUT2D eigenvalue weighted by molar-refractivity contribution is 5.29. The minimum Gasteiger partial charge on any atom is -0.491 e. The van der Waals surface area contributed by atoms with Crippen LogP contribution in [0.2, 0.25) is 0 Å². The van der Waals surface area contributed by atoms with Crippen molar-refractivity contribution in [3.05, 3.63) is 29.6 Å². The summed E-state index contributed by atoms with van der Waals surface area (Å²) < 4.78 is 19.2. The maximum absolute atomic E-state index is 13.9. The Hall–Kier alpha value is -1.13. The van der Waals surface area contributed by atoms with E-state index in [0.717, 1.165) is 38.3 Å². The lowest BCUT2D eigenvalue weighted by molar-refractivity contribution is 0.194. The molecule has 0 unspecified atom stereocenters. The van der Waals surface area contributed by atoms with Gasteiger partial charge in [-0.25, -0.2) is 4.39 Å². The number of halogens is 1. The van der Waals surface area contributed by atoms with Crippen LogP contribution in [-0.4, -0.2) is 37.7 Å². The number of likely N-dealkylation sites (tertiary alicyclic amines) is 1. The number of nitrogens with zero attached hydrogens (tertiary/aromatic N) is 1. The van der Waals surface area contributed by atoms with Crippen molar-refractivity contribution < 1.29 is 9.13 Å². The molecule has 1 aromatic carbocycles. The summed E-state index contributed by atoms with van der Waals surface area (Å²) in [6.07, 6.45) is 3.84. The lowest BCUT2D eigenvalue weighted by atomic mass is 9.78. The molecule has 1 spiro atoms. The van der Waals surface area contributed by atoms with Crippen molar-refractivity contribution in [3.8, 4) is 5.75 Å². The summed E-state index contributed by atoms with van der Waals surface area (Å²) in [7, 11) is 0. The van der Waals surface area contributed by atoms with Crippen LogP contribution in [-0.2, 0) is 6.54 Å². The van der Waals surface area contributed by atoms with Crippen molar-refractivity contribution >= 4 is 0 Å². The molecule has 2 fully saturated rings. The van der Waals surface area contributed by atoms with E-state index in [0.29, 0.717) is 17.8 Å². The van der Waals surface area contributed by atoms with Gasteiger partial charge in [0, 0.05) is 13.1 Å². The molecular formula is C17H25FN2O. The third-order valence-corrected chi connectivity index (χ3v) is 4.88. The van der Waals surface area contributed by atoms with E-state index >= 15 is 0 Å². The molecule has 2 aliphatic heterocycles. The first kappa shape index (κ1) is 14.8. The summed E-state index contributed by atoms with van der Waals surface area (Å²) in [4.78, 5) is 2.47. The Kier molecular flexibility index (Phi) is 4.45. The number of piperidine rings is 1. The molecule has 2 saturated heterocycles. The number of ether oxygens (including phenoxy) is 1. The van der Waals surface area contributed by atoms with Crippen LogP contribution in [0.15, 0.2) is 18.2 Å². The molecule has 4 heteroatoms. The lowest BCUT2D eigenvalue weighted by Gasteiger charge is -2.33. The van der Waals surface area contributed by atoms with Crippen LogP contribution in [0.1, 0.15) is 31.7 Å². The Morgan fingerprint density at radius 1 is 1.29 bits per heavy atom. The molecule has 3 rings (SSSR count). The highest BCUT2D eigenvalue weighted by Crippen LogP contribution is 2.39. The molecule has 0 saturated carbocycles. The fourth-order valence-electron chi connectivity index (χ4n) is 3.70. The third kappa shape index (κ3) is 3.38. The second kappa shape index (κ2) is 6.32. The number of hydrogen-bond acceptors (Lipinski definition) is 3. The van der Waals surface area contributed by atoms with E-state index in [1.807, 2.05) is 13.0 Å². The van der Waals surface area contributed by atoms with Gasteiger partial charge in [-0.1, -0.05) is 6.07 Å². The van der Waals surface area contributed by atoms with Crippen molar-refractivity contribution in [3.63, 3.8) is 0 Å². The molecule has 0 radical (unpaired) electrons. The predicted molar refractivity (Wildman–Crippen MR) is 82.0 cm³/mol. The number of rotatable bonds is 4. The quantitative estimate of drug-likeness (QED) is 0.923. The molecule has 1 aromatic rings. The molecule has 0 aliphatic carbocycles. The Balaban J connectivity index is 1.61. The van der Waals surface area contributed by atoms with Gasteiger partial charge < -0.3 is 10.1 Å². The monoisotopic (exact) mass is 292 g/mol. The molecule has 21 heavy (non-hydrogen) atoms. The molecule has 116 valence electrons. The van der Waals surface area contributed by atoms with Gasteiger partial charge in [0.05, 0.1) is 6.61 Å². The van der Waals surface area contributed by atoms with E-state index in [-0.39, 0.29) is 5.82 Å². The average molecular weight is 292 g/mol. The molecule has 0 aromatic heterocycles. The average Bonchev–Trinajstić information content (AvgIpc) is 2.85. The lowest BCUT2D eigenvalue weighted by Crippen LogP contribution is -2.38. The molecular weight excluding hydrogens is 267 g/mol. The van der Waals surface area contributed by atoms with Crippen LogP contribution in [0, 0.1) is 11.2 Å². The molecule has 0 bridgehead atoms. The summed E-state index contributed by atoms with van der Waals surface area (Å²) in [5, 5.41) is 3.44. The fourth-order valence-corrected chi connectivity index (χ4v) is 3.70. The Morgan fingerprint density at radius 2 is 2.10 bits per heavy atom. The number of nitrogens with one attached hydrogen (secondary N) is 1. The van der Waals surface area contributed by atoms with Gasteiger partial charge >= 0.3 is 0 Å². The van der Waals surface area contributed by atoms with Crippen LogP contribution in [0.5, 0.6) is 5.75 Å².